The number of hydrogen-bond acceptors (Lipinski definition) is 1. The van der Waals surface area contributed by atoms with Crippen LogP contribution >= 0.6 is 0 Å². The molecule has 1 amide bonds. The van der Waals surface area contributed by atoms with Crippen molar-refractivity contribution in [3.8, 4) is 0 Å². The number of rotatable bonds is 2. The fourth-order valence-corrected chi connectivity index (χ4v) is 2.06. The predicted octanol–water partition coefficient (Wildman–Crippen LogP) is 3.08. The number of benzene rings is 1. The molecule has 0 bridgehead atoms. The summed E-state index contributed by atoms with van der Waals surface area (Å²) in [7, 11) is 0. The molecular formula is C13H16FNO. The van der Waals surface area contributed by atoms with E-state index in [4.69, 9.17) is 0 Å². The smallest absolute Gasteiger partial charge is 0.227 e. The van der Waals surface area contributed by atoms with Gasteiger partial charge in [0.25, 0.3) is 0 Å². The Hall–Kier alpha value is -1.38. The zero-order valence-corrected chi connectivity index (χ0v) is 9.66. The van der Waals surface area contributed by atoms with E-state index in [9.17, 15) is 9.18 Å². The molecule has 0 aliphatic carbocycles. The third kappa shape index (κ3) is 1.94. The molecule has 1 aliphatic rings. The Morgan fingerprint density at radius 2 is 2.12 bits per heavy atom. The van der Waals surface area contributed by atoms with Gasteiger partial charge in [0.15, 0.2) is 0 Å². The fraction of sp³-hybridized carbons (Fsp3) is 0.462. The fourth-order valence-electron chi connectivity index (χ4n) is 2.06. The Morgan fingerprint density at radius 3 is 2.69 bits per heavy atom. The first kappa shape index (κ1) is 11.1. The third-order valence-corrected chi connectivity index (χ3v) is 2.99. The van der Waals surface area contributed by atoms with E-state index in [1.54, 1.807) is 17.0 Å². The van der Waals surface area contributed by atoms with Gasteiger partial charge in [0, 0.05) is 18.7 Å². The highest BCUT2D eigenvalue weighted by Gasteiger charge is 2.22. The lowest BCUT2D eigenvalue weighted by Gasteiger charge is -2.18. The summed E-state index contributed by atoms with van der Waals surface area (Å²) in [4.78, 5) is 13.3. The molecule has 0 aromatic heterocycles. The number of carbonyl (C=O) groups excluding carboxylic acids is 1. The monoisotopic (exact) mass is 221 g/mol. The minimum atomic E-state index is -0.189. The van der Waals surface area contributed by atoms with Crippen LogP contribution in [-0.2, 0) is 4.79 Å². The van der Waals surface area contributed by atoms with Crippen LogP contribution in [0.2, 0.25) is 0 Å². The van der Waals surface area contributed by atoms with Gasteiger partial charge in [0.2, 0.25) is 5.91 Å². The second-order valence-corrected chi connectivity index (χ2v) is 4.51. The first-order valence-corrected chi connectivity index (χ1v) is 5.69. The van der Waals surface area contributed by atoms with Crippen LogP contribution in [0.3, 0.4) is 0 Å². The van der Waals surface area contributed by atoms with Crippen molar-refractivity contribution in [2.45, 2.75) is 32.6 Å². The van der Waals surface area contributed by atoms with Crippen molar-refractivity contribution in [2.24, 2.45) is 0 Å². The number of hydrogen-bond donors (Lipinski definition) is 0. The van der Waals surface area contributed by atoms with E-state index >= 15 is 0 Å². The van der Waals surface area contributed by atoms with E-state index in [1.807, 2.05) is 13.8 Å². The molecule has 1 heterocycles. The Balaban J connectivity index is 2.35. The summed E-state index contributed by atoms with van der Waals surface area (Å²) in [6.07, 6.45) is 1.50. The highest BCUT2D eigenvalue weighted by molar-refractivity contribution is 5.95. The number of amides is 1. The van der Waals surface area contributed by atoms with Gasteiger partial charge in [-0.05, 0) is 36.1 Å². The summed E-state index contributed by atoms with van der Waals surface area (Å²) in [5, 5.41) is 0. The molecule has 3 heteroatoms. The molecule has 2 nitrogen and oxygen atoms in total. The van der Waals surface area contributed by atoms with E-state index in [-0.39, 0.29) is 17.6 Å². The van der Waals surface area contributed by atoms with E-state index in [1.165, 1.54) is 6.07 Å². The van der Waals surface area contributed by atoms with Crippen molar-refractivity contribution in [1.29, 1.82) is 0 Å². The van der Waals surface area contributed by atoms with Gasteiger partial charge in [-0.3, -0.25) is 4.79 Å². The Kier molecular flexibility index (Phi) is 2.95. The van der Waals surface area contributed by atoms with Gasteiger partial charge in [0.1, 0.15) is 5.82 Å². The summed E-state index contributed by atoms with van der Waals surface area (Å²) in [5.41, 5.74) is 1.50. The summed E-state index contributed by atoms with van der Waals surface area (Å²) < 4.78 is 13.5. The molecule has 0 atom stereocenters. The summed E-state index contributed by atoms with van der Waals surface area (Å²) >= 11 is 0. The van der Waals surface area contributed by atoms with Crippen molar-refractivity contribution >= 4 is 11.6 Å². The lowest BCUT2D eigenvalue weighted by molar-refractivity contribution is -0.117. The van der Waals surface area contributed by atoms with Crippen LogP contribution in [-0.4, -0.2) is 12.5 Å². The average Bonchev–Trinajstić information content (AvgIpc) is 2.65. The lowest BCUT2D eigenvalue weighted by atomic mass is 10.0. The SMILES string of the molecule is CC(C)c1cc(N2CCCC2=O)ccc1F. The zero-order chi connectivity index (χ0) is 11.7. The van der Waals surface area contributed by atoms with Crippen LogP contribution in [0.5, 0.6) is 0 Å². The maximum atomic E-state index is 13.5. The van der Waals surface area contributed by atoms with Crippen molar-refractivity contribution in [3.05, 3.63) is 29.6 Å². The van der Waals surface area contributed by atoms with Crippen molar-refractivity contribution < 1.29 is 9.18 Å². The minimum Gasteiger partial charge on any atom is -0.312 e. The standard InChI is InChI=1S/C13H16FNO/c1-9(2)11-8-10(5-6-12(11)14)15-7-3-4-13(15)16/h5-6,8-9H,3-4,7H2,1-2H3. The van der Waals surface area contributed by atoms with Crippen LogP contribution in [0.15, 0.2) is 18.2 Å². The summed E-state index contributed by atoms with van der Waals surface area (Å²) in [6.45, 7) is 4.66. The number of anilines is 1. The minimum absolute atomic E-state index is 0.137. The molecule has 0 saturated carbocycles. The molecule has 1 aromatic carbocycles. The molecule has 0 spiro atoms. The first-order chi connectivity index (χ1) is 7.59. The maximum absolute atomic E-state index is 13.5. The van der Waals surface area contributed by atoms with E-state index in [0.717, 1.165) is 18.7 Å². The van der Waals surface area contributed by atoms with Crippen molar-refractivity contribution in [1.82, 2.24) is 0 Å². The highest BCUT2D eigenvalue weighted by atomic mass is 19.1. The molecule has 86 valence electrons. The molecular weight excluding hydrogens is 205 g/mol. The highest BCUT2D eigenvalue weighted by Crippen LogP contribution is 2.27. The van der Waals surface area contributed by atoms with E-state index < -0.39 is 0 Å². The quantitative estimate of drug-likeness (QED) is 0.751. The lowest BCUT2D eigenvalue weighted by Crippen LogP contribution is -2.23. The summed E-state index contributed by atoms with van der Waals surface area (Å²) in [6, 6.07) is 4.93. The van der Waals surface area contributed by atoms with Gasteiger partial charge < -0.3 is 4.90 Å². The third-order valence-electron chi connectivity index (χ3n) is 2.99. The molecule has 0 N–H and O–H groups in total. The van der Waals surface area contributed by atoms with Crippen LogP contribution in [0.4, 0.5) is 10.1 Å². The van der Waals surface area contributed by atoms with Gasteiger partial charge in [-0.25, -0.2) is 4.39 Å². The van der Waals surface area contributed by atoms with Crippen LogP contribution in [0, 0.1) is 5.82 Å². The average molecular weight is 221 g/mol. The maximum Gasteiger partial charge on any atom is 0.227 e. The van der Waals surface area contributed by atoms with Crippen molar-refractivity contribution in [3.63, 3.8) is 0 Å². The molecule has 0 unspecified atom stereocenters. The van der Waals surface area contributed by atoms with Gasteiger partial charge in [-0.1, -0.05) is 13.8 Å². The molecule has 2 rings (SSSR count). The normalized spacial score (nSPS) is 16.2. The summed E-state index contributed by atoms with van der Waals surface area (Å²) in [5.74, 6) is 0.0874. The topological polar surface area (TPSA) is 20.3 Å². The molecule has 1 fully saturated rings. The molecule has 16 heavy (non-hydrogen) atoms. The Bertz CT molecular complexity index is 414. The van der Waals surface area contributed by atoms with E-state index in [0.29, 0.717) is 12.0 Å². The second-order valence-electron chi connectivity index (χ2n) is 4.51. The van der Waals surface area contributed by atoms with Gasteiger partial charge in [0.05, 0.1) is 0 Å². The number of halogens is 1. The molecule has 1 aliphatic heterocycles. The largest absolute Gasteiger partial charge is 0.312 e. The molecule has 1 aromatic rings. The predicted molar refractivity (Wildman–Crippen MR) is 62.1 cm³/mol. The first-order valence-electron chi connectivity index (χ1n) is 5.69. The number of carbonyl (C=O) groups is 1. The van der Waals surface area contributed by atoms with Crippen molar-refractivity contribution in [2.75, 3.05) is 11.4 Å². The van der Waals surface area contributed by atoms with Crippen LogP contribution < -0.4 is 4.90 Å². The molecule has 1 saturated heterocycles. The van der Waals surface area contributed by atoms with Crippen LogP contribution in [0.25, 0.3) is 0 Å². The number of nitrogens with zero attached hydrogens (tertiary/aromatic N) is 1. The van der Waals surface area contributed by atoms with Gasteiger partial charge >= 0.3 is 0 Å². The van der Waals surface area contributed by atoms with Gasteiger partial charge in [-0.2, -0.15) is 0 Å². The Morgan fingerprint density at radius 1 is 1.38 bits per heavy atom. The zero-order valence-electron chi connectivity index (χ0n) is 9.66. The second kappa shape index (κ2) is 4.24. The van der Waals surface area contributed by atoms with E-state index in [2.05, 4.69) is 0 Å². The molecule has 0 radical (unpaired) electrons. The Labute approximate surface area is 95.1 Å². The van der Waals surface area contributed by atoms with Crippen LogP contribution in [0.1, 0.15) is 38.2 Å². The van der Waals surface area contributed by atoms with Gasteiger partial charge in [-0.15, -0.1) is 0 Å².